The normalized spacial score (nSPS) is 19.8. The van der Waals surface area contributed by atoms with E-state index in [0.717, 1.165) is 0 Å². The van der Waals surface area contributed by atoms with Crippen LogP contribution in [0.25, 0.3) is 0 Å². The first-order valence-electron chi connectivity index (χ1n) is 6.61. The molecule has 0 bridgehead atoms. The average molecular weight is 276 g/mol. The van der Waals surface area contributed by atoms with Crippen molar-refractivity contribution in [1.82, 2.24) is 19.7 Å². The van der Waals surface area contributed by atoms with Crippen molar-refractivity contribution in [1.29, 1.82) is 0 Å². The fourth-order valence-electron chi connectivity index (χ4n) is 2.29. The minimum atomic E-state index is -0.278. The van der Waals surface area contributed by atoms with Gasteiger partial charge in [-0.05, 0) is 19.2 Å². The first kappa shape index (κ1) is 14.5. The lowest BCUT2D eigenvalue weighted by Crippen LogP contribution is -2.58. The van der Waals surface area contributed by atoms with Crippen molar-refractivity contribution in [2.45, 2.75) is 6.04 Å². The molecule has 1 atom stereocenters. The van der Waals surface area contributed by atoms with Gasteiger partial charge in [-0.15, -0.1) is 0 Å². The third-order valence-electron chi connectivity index (χ3n) is 3.57. The molecule has 2 heterocycles. The summed E-state index contributed by atoms with van der Waals surface area (Å²) in [5.74, 6) is -0.0426. The van der Waals surface area contributed by atoms with Gasteiger partial charge in [0, 0.05) is 46.1 Å². The maximum Gasteiger partial charge on any atom is 0.255 e. The highest BCUT2D eigenvalue weighted by Crippen LogP contribution is 2.13. The van der Waals surface area contributed by atoms with E-state index in [-0.39, 0.29) is 17.9 Å². The molecule has 20 heavy (non-hydrogen) atoms. The Kier molecular flexibility index (Phi) is 4.34. The molecular formula is C14H20N4O2. The molecule has 1 aliphatic heterocycles. The summed E-state index contributed by atoms with van der Waals surface area (Å²) in [5, 5.41) is 0. The molecule has 0 aliphatic carbocycles. The van der Waals surface area contributed by atoms with Crippen LogP contribution in [0.4, 0.5) is 0 Å². The fraction of sp³-hybridized carbons (Fsp3) is 0.500. The van der Waals surface area contributed by atoms with Crippen molar-refractivity contribution in [3.8, 4) is 0 Å². The molecule has 6 heteroatoms. The molecule has 0 spiro atoms. The molecule has 0 saturated carbocycles. The molecule has 0 radical (unpaired) electrons. The maximum absolute atomic E-state index is 12.4. The third-order valence-corrected chi connectivity index (χ3v) is 3.57. The monoisotopic (exact) mass is 276 g/mol. The highest BCUT2D eigenvalue weighted by atomic mass is 16.2. The van der Waals surface area contributed by atoms with Gasteiger partial charge >= 0.3 is 0 Å². The molecule has 1 fully saturated rings. The van der Waals surface area contributed by atoms with Crippen molar-refractivity contribution in [2.24, 2.45) is 0 Å². The van der Waals surface area contributed by atoms with Gasteiger partial charge in [0.05, 0.1) is 5.56 Å². The number of amides is 2. The number of hydrogen-bond donors (Lipinski definition) is 0. The Balaban J connectivity index is 2.11. The van der Waals surface area contributed by atoms with Gasteiger partial charge in [0.2, 0.25) is 5.91 Å². The lowest BCUT2D eigenvalue weighted by molar-refractivity contribution is -0.135. The molecule has 1 aliphatic rings. The largest absolute Gasteiger partial charge is 0.347 e. The number of nitrogens with zero attached hydrogens (tertiary/aromatic N) is 4. The summed E-state index contributed by atoms with van der Waals surface area (Å²) in [6, 6.07) is 3.21. The lowest BCUT2D eigenvalue weighted by atomic mass is 10.1. The van der Waals surface area contributed by atoms with E-state index in [9.17, 15) is 9.59 Å². The standard InChI is InChI=1S/C14H20N4O2/c1-16(2)14(20)12-10-18(8-7-17(12)3)13(19)11-5-4-6-15-9-11/h4-6,9,12H,7-8,10H2,1-3H3. The van der Waals surface area contributed by atoms with E-state index in [4.69, 9.17) is 0 Å². The molecule has 1 saturated heterocycles. The molecule has 6 nitrogen and oxygen atoms in total. The highest BCUT2D eigenvalue weighted by molar-refractivity contribution is 5.94. The summed E-state index contributed by atoms with van der Waals surface area (Å²) in [5.41, 5.74) is 0.563. The van der Waals surface area contributed by atoms with Gasteiger partial charge in [-0.3, -0.25) is 19.5 Å². The van der Waals surface area contributed by atoms with Gasteiger partial charge in [0.1, 0.15) is 6.04 Å². The topological polar surface area (TPSA) is 56.8 Å². The third kappa shape index (κ3) is 2.96. The minimum absolute atomic E-state index is 0.0242. The summed E-state index contributed by atoms with van der Waals surface area (Å²) in [4.78, 5) is 33.8. The quantitative estimate of drug-likeness (QED) is 0.758. The van der Waals surface area contributed by atoms with Gasteiger partial charge in [0.25, 0.3) is 5.91 Å². The summed E-state index contributed by atoms with van der Waals surface area (Å²) >= 11 is 0. The predicted octanol–water partition coefficient (Wildman–Crippen LogP) is -0.0740. The number of likely N-dealkylation sites (N-methyl/N-ethyl adjacent to an activating group) is 2. The summed E-state index contributed by atoms with van der Waals surface area (Å²) < 4.78 is 0. The molecule has 1 aromatic rings. The predicted molar refractivity (Wildman–Crippen MR) is 75.3 cm³/mol. The van der Waals surface area contributed by atoms with Gasteiger partial charge in [-0.2, -0.15) is 0 Å². The molecular weight excluding hydrogens is 256 g/mol. The maximum atomic E-state index is 12.4. The zero-order valence-electron chi connectivity index (χ0n) is 12.1. The van der Waals surface area contributed by atoms with Gasteiger partial charge in [0.15, 0.2) is 0 Å². The number of piperazine rings is 1. The van der Waals surface area contributed by atoms with Crippen LogP contribution in [0.15, 0.2) is 24.5 Å². The number of aromatic nitrogens is 1. The first-order valence-corrected chi connectivity index (χ1v) is 6.61. The van der Waals surface area contributed by atoms with Crippen LogP contribution in [-0.4, -0.2) is 78.3 Å². The SMILES string of the molecule is CN(C)C(=O)C1CN(C(=O)c2cccnc2)CCN1C. The van der Waals surface area contributed by atoms with E-state index in [1.54, 1.807) is 48.4 Å². The molecule has 2 rings (SSSR count). The molecule has 2 amide bonds. The van der Waals surface area contributed by atoms with Crippen LogP contribution < -0.4 is 0 Å². The van der Waals surface area contributed by atoms with E-state index in [0.29, 0.717) is 25.2 Å². The number of hydrogen-bond acceptors (Lipinski definition) is 4. The smallest absolute Gasteiger partial charge is 0.255 e. The molecule has 1 aromatic heterocycles. The van der Waals surface area contributed by atoms with E-state index in [2.05, 4.69) is 4.98 Å². The van der Waals surface area contributed by atoms with Crippen LogP contribution in [0.2, 0.25) is 0 Å². The van der Waals surface area contributed by atoms with Crippen LogP contribution in [0, 0.1) is 0 Å². The van der Waals surface area contributed by atoms with Crippen LogP contribution in [-0.2, 0) is 4.79 Å². The fourth-order valence-corrected chi connectivity index (χ4v) is 2.29. The van der Waals surface area contributed by atoms with Crippen molar-refractivity contribution < 1.29 is 9.59 Å². The van der Waals surface area contributed by atoms with Crippen LogP contribution in [0.1, 0.15) is 10.4 Å². The Bertz CT molecular complexity index is 489. The molecule has 1 unspecified atom stereocenters. The van der Waals surface area contributed by atoms with Crippen molar-refractivity contribution in [2.75, 3.05) is 40.8 Å². The van der Waals surface area contributed by atoms with Gasteiger partial charge in [-0.1, -0.05) is 0 Å². The Labute approximate surface area is 119 Å². The summed E-state index contributed by atoms with van der Waals surface area (Å²) in [7, 11) is 5.38. The number of carbonyl (C=O) groups excluding carboxylic acids is 2. The zero-order valence-corrected chi connectivity index (χ0v) is 12.1. The Morgan fingerprint density at radius 2 is 2.10 bits per heavy atom. The van der Waals surface area contributed by atoms with Crippen LogP contribution >= 0.6 is 0 Å². The Hall–Kier alpha value is -1.95. The average Bonchev–Trinajstić information content (AvgIpc) is 2.47. The second-order valence-electron chi connectivity index (χ2n) is 5.22. The number of rotatable bonds is 2. The van der Waals surface area contributed by atoms with Gasteiger partial charge in [-0.25, -0.2) is 0 Å². The molecule has 0 aromatic carbocycles. The van der Waals surface area contributed by atoms with E-state index < -0.39 is 0 Å². The van der Waals surface area contributed by atoms with E-state index >= 15 is 0 Å². The van der Waals surface area contributed by atoms with Crippen molar-refractivity contribution in [3.63, 3.8) is 0 Å². The highest BCUT2D eigenvalue weighted by Gasteiger charge is 2.33. The second kappa shape index (κ2) is 6.00. The van der Waals surface area contributed by atoms with E-state index in [1.165, 1.54) is 0 Å². The number of carbonyl (C=O) groups is 2. The summed E-state index contributed by atoms with van der Waals surface area (Å²) in [6.07, 6.45) is 3.20. The van der Waals surface area contributed by atoms with Crippen LogP contribution in [0.3, 0.4) is 0 Å². The Morgan fingerprint density at radius 1 is 1.35 bits per heavy atom. The number of pyridine rings is 1. The van der Waals surface area contributed by atoms with Crippen LogP contribution in [0.5, 0.6) is 0 Å². The first-order chi connectivity index (χ1) is 9.50. The molecule has 0 N–H and O–H groups in total. The van der Waals surface area contributed by atoms with E-state index in [1.807, 2.05) is 11.9 Å². The van der Waals surface area contributed by atoms with Gasteiger partial charge < -0.3 is 9.80 Å². The lowest BCUT2D eigenvalue weighted by Gasteiger charge is -2.39. The van der Waals surface area contributed by atoms with Crippen molar-refractivity contribution in [3.05, 3.63) is 30.1 Å². The Morgan fingerprint density at radius 3 is 2.70 bits per heavy atom. The minimum Gasteiger partial charge on any atom is -0.347 e. The van der Waals surface area contributed by atoms with Crippen molar-refractivity contribution >= 4 is 11.8 Å². The zero-order chi connectivity index (χ0) is 14.7. The summed E-state index contributed by atoms with van der Waals surface area (Å²) in [6.45, 7) is 1.74. The second-order valence-corrected chi connectivity index (χ2v) is 5.22. The molecule has 108 valence electrons.